The molecule has 22 heavy (non-hydrogen) atoms. The molecule has 2 aromatic heterocycles. The quantitative estimate of drug-likeness (QED) is 0.878. The van der Waals surface area contributed by atoms with Gasteiger partial charge >= 0.3 is 0 Å². The number of aromatic nitrogens is 2. The molecule has 0 aromatic carbocycles. The fourth-order valence-electron chi connectivity index (χ4n) is 2.47. The Hall–Kier alpha value is -1.70. The predicted octanol–water partition coefficient (Wildman–Crippen LogP) is 1.63. The van der Waals surface area contributed by atoms with Crippen molar-refractivity contribution < 1.29 is 14.3 Å². The van der Waals surface area contributed by atoms with Crippen LogP contribution in [0, 0.1) is 0 Å². The first-order chi connectivity index (χ1) is 10.8. The number of thiophene rings is 1. The van der Waals surface area contributed by atoms with Crippen LogP contribution < -0.4 is 5.32 Å². The van der Waals surface area contributed by atoms with E-state index in [-0.39, 0.29) is 12.0 Å². The molecule has 1 N–H and O–H groups in total. The summed E-state index contributed by atoms with van der Waals surface area (Å²) >= 11 is 1.51. The van der Waals surface area contributed by atoms with Crippen LogP contribution in [-0.2, 0) is 22.4 Å². The van der Waals surface area contributed by atoms with Crippen LogP contribution in [0.1, 0.15) is 27.7 Å². The Morgan fingerprint density at radius 1 is 1.64 bits per heavy atom. The first-order valence-electron chi connectivity index (χ1n) is 7.25. The van der Waals surface area contributed by atoms with Crippen molar-refractivity contribution >= 4 is 17.2 Å². The number of nitrogens with zero attached hydrogens (tertiary/aromatic N) is 2. The number of carbonyl (C=O) groups is 1. The minimum atomic E-state index is -0.185. The molecule has 3 rings (SSSR count). The summed E-state index contributed by atoms with van der Waals surface area (Å²) in [6, 6.07) is 1.81. The van der Waals surface area contributed by atoms with E-state index >= 15 is 0 Å². The second-order valence-electron chi connectivity index (χ2n) is 5.13. The third-order valence-electron chi connectivity index (χ3n) is 3.62. The average Bonchev–Trinajstić information content (AvgIpc) is 3.19. The van der Waals surface area contributed by atoms with Crippen molar-refractivity contribution in [2.24, 2.45) is 0 Å². The molecule has 0 spiro atoms. The average molecular weight is 321 g/mol. The lowest BCUT2D eigenvalue weighted by Gasteiger charge is -2.22. The molecule has 1 aliphatic rings. The molecule has 0 aliphatic carbocycles. The maximum atomic E-state index is 12.0. The first-order valence-corrected chi connectivity index (χ1v) is 8.19. The molecule has 0 saturated heterocycles. The van der Waals surface area contributed by atoms with Crippen molar-refractivity contribution in [3.05, 3.63) is 39.8 Å². The van der Waals surface area contributed by atoms with Gasteiger partial charge in [-0.3, -0.25) is 9.48 Å². The molecule has 7 heteroatoms. The fourth-order valence-corrected chi connectivity index (χ4v) is 3.10. The largest absolute Gasteiger partial charge is 0.383 e. The Morgan fingerprint density at radius 3 is 3.32 bits per heavy atom. The van der Waals surface area contributed by atoms with Crippen LogP contribution in [0.4, 0.5) is 0 Å². The van der Waals surface area contributed by atoms with E-state index in [1.54, 1.807) is 7.11 Å². The molecule has 1 amide bonds. The van der Waals surface area contributed by atoms with Crippen LogP contribution in [0.5, 0.6) is 0 Å². The van der Waals surface area contributed by atoms with Crippen molar-refractivity contribution in [1.29, 1.82) is 0 Å². The van der Waals surface area contributed by atoms with Gasteiger partial charge in [0.25, 0.3) is 5.91 Å². The highest BCUT2D eigenvalue weighted by atomic mass is 32.1. The molecule has 0 radical (unpaired) electrons. The number of hydrogen-bond donors (Lipinski definition) is 1. The van der Waals surface area contributed by atoms with Crippen LogP contribution in [-0.4, -0.2) is 42.6 Å². The standard InChI is InChI=1S/C15H19N3O3S/c1-20-6-4-18-9-11-2-5-21-13(14(11)17-18)8-16-15(19)12-3-7-22-10-12/h3,7,9-10,13H,2,4-6,8H2,1H3,(H,16,19)/t13-/m0/s1. The zero-order valence-electron chi connectivity index (χ0n) is 12.4. The van der Waals surface area contributed by atoms with Gasteiger partial charge in [-0.1, -0.05) is 0 Å². The lowest BCUT2D eigenvalue weighted by Crippen LogP contribution is -2.31. The van der Waals surface area contributed by atoms with E-state index < -0.39 is 0 Å². The topological polar surface area (TPSA) is 65.4 Å². The van der Waals surface area contributed by atoms with E-state index in [1.807, 2.05) is 27.7 Å². The van der Waals surface area contributed by atoms with Gasteiger partial charge in [-0.15, -0.1) is 0 Å². The van der Waals surface area contributed by atoms with Crippen LogP contribution in [0.25, 0.3) is 0 Å². The zero-order chi connectivity index (χ0) is 15.4. The number of methoxy groups -OCH3 is 1. The summed E-state index contributed by atoms with van der Waals surface area (Å²) in [5.41, 5.74) is 2.80. The Labute approximate surface area is 133 Å². The summed E-state index contributed by atoms with van der Waals surface area (Å²) in [7, 11) is 1.68. The minimum absolute atomic E-state index is 0.0733. The third kappa shape index (κ3) is 3.37. The number of carbonyl (C=O) groups excluding carboxylic acids is 1. The Bertz CT molecular complexity index is 624. The summed E-state index contributed by atoms with van der Waals surface area (Å²) in [6.07, 6.45) is 2.72. The van der Waals surface area contributed by atoms with Crippen molar-refractivity contribution in [3.8, 4) is 0 Å². The summed E-state index contributed by atoms with van der Waals surface area (Å²) in [4.78, 5) is 12.0. The van der Waals surface area contributed by atoms with Crippen LogP contribution in [0.15, 0.2) is 23.0 Å². The summed E-state index contributed by atoms with van der Waals surface area (Å²) in [5.74, 6) is -0.0733. The fraction of sp³-hybridized carbons (Fsp3) is 0.467. The molecule has 0 saturated carbocycles. The van der Waals surface area contributed by atoms with E-state index in [2.05, 4.69) is 10.4 Å². The molecule has 3 heterocycles. The second-order valence-corrected chi connectivity index (χ2v) is 5.91. The number of rotatable bonds is 6. The molecular formula is C15H19N3O3S. The highest BCUT2D eigenvalue weighted by molar-refractivity contribution is 7.08. The summed E-state index contributed by atoms with van der Waals surface area (Å²) in [5, 5.41) is 11.2. The zero-order valence-corrected chi connectivity index (χ0v) is 13.3. The van der Waals surface area contributed by atoms with Gasteiger partial charge in [0.15, 0.2) is 0 Å². The highest BCUT2D eigenvalue weighted by Crippen LogP contribution is 2.25. The molecule has 0 fully saturated rings. The van der Waals surface area contributed by atoms with Gasteiger partial charge in [0.05, 0.1) is 25.5 Å². The van der Waals surface area contributed by atoms with Crippen molar-refractivity contribution in [2.45, 2.75) is 19.1 Å². The number of ether oxygens (including phenoxy) is 2. The van der Waals surface area contributed by atoms with E-state index in [4.69, 9.17) is 9.47 Å². The number of hydrogen-bond acceptors (Lipinski definition) is 5. The maximum Gasteiger partial charge on any atom is 0.252 e. The van der Waals surface area contributed by atoms with E-state index in [0.29, 0.717) is 25.3 Å². The minimum Gasteiger partial charge on any atom is -0.383 e. The number of amides is 1. The molecule has 1 atom stereocenters. The van der Waals surface area contributed by atoms with Gasteiger partial charge in [-0.2, -0.15) is 16.4 Å². The normalized spacial score (nSPS) is 17.2. The molecule has 0 unspecified atom stereocenters. The highest BCUT2D eigenvalue weighted by Gasteiger charge is 2.25. The molecule has 1 aliphatic heterocycles. The van der Waals surface area contributed by atoms with Gasteiger partial charge in [0.1, 0.15) is 6.10 Å². The van der Waals surface area contributed by atoms with Crippen LogP contribution in [0.2, 0.25) is 0 Å². The van der Waals surface area contributed by atoms with Gasteiger partial charge in [-0.05, 0) is 23.4 Å². The summed E-state index contributed by atoms with van der Waals surface area (Å²) < 4.78 is 12.7. The van der Waals surface area contributed by atoms with Gasteiger partial charge in [0, 0.05) is 30.8 Å². The molecule has 0 bridgehead atoms. The Kier molecular flexibility index (Phi) is 4.87. The van der Waals surface area contributed by atoms with E-state index in [9.17, 15) is 4.79 Å². The summed E-state index contributed by atoms with van der Waals surface area (Å²) in [6.45, 7) is 2.43. The number of fused-ring (bicyclic) bond motifs is 1. The second kappa shape index (κ2) is 7.04. The van der Waals surface area contributed by atoms with Crippen molar-refractivity contribution in [2.75, 3.05) is 26.9 Å². The Balaban J connectivity index is 1.64. The Morgan fingerprint density at radius 2 is 2.55 bits per heavy atom. The van der Waals surface area contributed by atoms with E-state index in [1.165, 1.54) is 16.9 Å². The van der Waals surface area contributed by atoms with E-state index in [0.717, 1.165) is 18.7 Å². The van der Waals surface area contributed by atoms with Gasteiger partial charge in [-0.25, -0.2) is 0 Å². The van der Waals surface area contributed by atoms with Crippen LogP contribution >= 0.6 is 11.3 Å². The lowest BCUT2D eigenvalue weighted by atomic mass is 10.1. The van der Waals surface area contributed by atoms with Crippen molar-refractivity contribution in [1.82, 2.24) is 15.1 Å². The van der Waals surface area contributed by atoms with Crippen molar-refractivity contribution in [3.63, 3.8) is 0 Å². The third-order valence-corrected chi connectivity index (χ3v) is 4.30. The van der Waals surface area contributed by atoms with Gasteiger partial charge < -0.3 is 14.8 Å². The van der Waals surface area contributed by atoms with Crippen LogP contribution in [0.3, 0.4) is 0 Å². The molecule has 118 valence electrons. The monoisotopic (exact) mass is 321 g/mol. The molecule has 2 aromatic rings. The number of nitrogens with one attached hydrogen (secondary N) is 1. The molecule has 6 nitrogen and oxygen atoms in total. The molecular weight excluding hydrogens is 302 g/mol. The predicted molar refractivity (Wildman–Crippen MR) is 83.2 cm³/mol. The first kappa shape index (κ1) is 15.2. The lowest BCUT2D eigenvalue weighted by molar-refractivity contribution is 0.0382. The smallest absolute Gasteiger partial charge is 0.252 e. The SMILES string of the molecule is COCCn1cc2c(n1)[C@H](CNC(=O)c1ccsc1)OCC2. The van der Waals surface area contributed by atoms with Gasteiger partial charge in [0.2, 0.25) is 0 Å². The maximum absolute atomic E-state index is 12.0.